The molecule has 5 rings (SSSR count). The molecule has 0 saturated carbocycles. The Hall–Kier alpha value is -11.9. The Kier molecular flexibility index (Phi) is 32.6. The van der Waals surface area contributed by atoms with E-state index in [0.717, 1.165) is 0 Å². The summed E-state index contributed by atoms with van der Waals surface area (Å²) in [6.07, 6.45) is -5.77. The molecule has 1 heterocycles. The second-order valence-electron chi connectivity index (χ2n) is 23.7. The summed E-state index contributed by atoms with van der Waals surface area (Å²) in [6, 6.07) is 12.8. The number of rotatable bonds is 38. The van der Waals surface area contributed by atoms with Gasteiger partial charge in [0.05, 0.1) is 32.0 Å². The maximum Gasteiger partial charge on any atom is 0.490 e. The van der Waals surface area contributed by atoms with Gasteiger partial charge in [-0.2, -0.15) is 13.2 Å². The first-order valence-electron chi connectivity index (χ1n) is 31.5. The number of carbonyl (C=O) groups is 13. The summed E-state index contributed by atoms with van der Waals surface area (Å²) in [7, 11) is 0. The van der Waals surface area contributed by atoms with Crippen molar-refractivity contribution in [3.8, 4) is 11.5 Å². The van der Waals surface area contributed by atoms with Crippen molar-refractivity contribution < 1.29 is 95.9 Å². The molecule has 552 valence electrons. The fourth-order valence-corrected chi connectivity index (χ4v) is 9.80. The van der Waals surface area contributed by atoms with Gasteiger partial charge in [0.25, 0.3) is 0 Å². The maximum absolute atomic E-state index is 14.5. The number of carbonyl (C=O) groups excluding carboxylic acids is 12. The van der Waals surface area contributed by atoms with Gasteiger partial charge in [-0.3, -0.25) is 62.5 Å². The van der Waals surface area contributed by atoms with Gasteiger partial charge in [-0.1, -0.05) is 86.6 Å². The van der Waals surface area contributed by atoms with Gasteiger partial charge in [0.15, 0.2) is 5.96 Å². The third-order valence-corrected chi connectivity index (χ3v) is 14.9. The number of alkyl halides is 3. The summed E-state index contributed by atoms with van der Waals surface area (Å²) < 4.78 is 31.7. The van der Waals surface area contributed by atoms with Crippen LogP contribution in [0.15, 0.2) is 114 Å². The predicted octanol–water partition coefficient (Wildman–Crippen LogP) is -3.87. The normalized spacial score (nSPS) is 13.7. The number of aliphatic hydroxyl groups is 1. The third kappa shape index (κ3) is 28.9. The number of primary amides is 3. The van der Waals surface area contributed by atoms with Gasteiger partial charge < -0.3 is 108 Å². The first-order chi connectivity index (χ1) is 48.0. The first-order valence-corrected chi connectivity index (χ1v) is 31.5. The van der Waals surface area contributed by atoms with Crippen molar-refractivity contribution in [3.05, 3.63) is 132 Å². The van der Waals surface area contributed by atoms with Crippen LogP contribution in [0, 0.1) is 5.92 Å². The molecule has 0 saturated heterocycles. The molecule has 0 unspecified atom stereocenters. The molecule has 37 heteroatoms. The minimum absolute atomic E-state index is 0.0205. The van der Waals surface area contributed by atoms with Crippen LogP contribution in [0.25, 0.3) is 10.9 Å². The molecule has 102 heavy (non-hydrogen) atoms. The number of amides is 12. The van der Waals surface area contributed by atoms with Crippen molar-refractivity contribution in [3.63, 3.8) is 0 Å². The number of nitrogens with zero attached hydrogens (tertiary/aromatic N) is 1. The maximum atomic E-state index is 14.5. The van der Waals surface area contributed by atoms with Gasteiger partial charge in [0.2, 0.25) is 70.9 Å². The SMILES string of the molecule is CC(C)C[C@H](NC(=O)CNC(=O)[C@H](Cc1ccccc1)NC(=O)[C@H](CO)NC(=O)[C@H](CC(N)=O)NC(=O)[C@H](Cc1c[nH]c2ccccc12)NC(=O)[C@H](CC(N)=O)NC(=O)[C@@H](N)Cc1ccc(O)cc1)C(=O)N[C@@H](CCCN=C(N)N)C(=O)N[C@@H](Cc1ccc(O)cc1)C(N)=O.O=C(O)C(F)(F)F. The van der Waals surface area contributed by atoms with Crippen molar-refractivity contribution in [2.75, 3.05) is 19.7 Å². The number of aromatic nitrogens is 1. The summed E-state index contributed by atoms with van der Waals surface area (Å²) >= 11 is 0. The Bertz CT molecular complexity index is 3760. The van der Waals surface area contributed by atoms with E-state index in [4.69, 9.17) is 44.3 Å². The Morgan fingerprint density at radius 3 is 1.46 bits per heavy atom. The number of halogens is 3. The van der Waals surface area contributed by atoms with Gasteiger partial charge in [0, 0.05) is 42.9 Å². The summed E-state index contributed by atoms with van der Waals surface area (Å²) in [4.78, 5) is 179. The number of carboxylic acids is 1. The number of hydrogen-bond acceptors (Lipinski definition) is 18. The zero-order valence-corrected chi connectivity index (χ0v) is 55.3. The van der Waals surface area contributed by atoms with Crippen LogP contribution < -0.4 is 82.3 Å². The van der Waals surface area contributed by atoms with Crippen molar-refractivity contribution in [2.24, 2.45) is 45.3 Å². The van der Waals surface area contributed by atoms with E-state index in [9.17, 15) is 86.0 Å². The number of guanidine groups is 1. The van der Waals surface area contributed by atoms with Crippen molar-refractivity contribution in [2.45, 2.75) is 132 Å². The van der Waals surface area contributed by atoms with E-state index >= 15 is 0 Å². The molecular formula is C65H84F3N17O17. The molecule has 0 radical (unpaired) electrons. The number of phenols is 2. The topological polar surface area (TPSA) is 595 Å². The molecular weight excluding hydrogens is 1350 g/mol. The molecule has 0 aliphatic carbocycles. The predicted molar refractivity (Wildman–Crippen MR) is 359 cm³/mol. The van der Waals surface area contributed by atoms with E-state index in [1.165, 1.54) is 48.5 Å². The van der Waals surface area contributed by atoms with Crippen LogP contribution >= 0.6 is 0 Å². The Balaban J connectivity index is 0.00000298. The highest BCUT2D eigenvalue weighted by Gasteiger charge is 2.39. The van der Waals surface area contributed by atoms with E-state index in [1.807, 2.05) is 0 Å². The highest BCUT2D eigenvalue weighted by atomic mass is 19.4. The second-order valence-corrected chi connectivity index (χ2v) is 23.7. The molecule has 0 spiro atoms. The molecule has 0 aliphatic heterocycles. The number of fused-ring (bicyclic) bond motifs is 1. The van der Waals surface area contributed by atoms with Gasteiger partial charge >= 0.3 is 12.1 Å². The largest absolute Gasteiger partial charge is 0.508 e. The van der Waals surface area contributed by atoms with Gasteiger partial charge in [-0.05, 0) is 84.2 Å². The zero-order chi connectivity index (χ0) is 76.0. The smallest absolute Gasteiger partial charge is 0.490 e. The first kappa shape index (κ1) is 82.5. The van der Waals surface area contributed by atoms with Gasteiger partial charge in [-0.15, -0.1) is 0 Å². The summed E-state index contributed by atoms with van der Waals surface area (Å²) in [5.41, 5.74) is 36.5. The summed E-state index contributed by atoms with van der Waals surface area (Å²) in [5, 5.41) is 59.8. The fourth-order valence-electron chi connectivity index (χ4n) is 9.80. The average Bonchev–Trinajstić information content (AvgIpc) is 1.70. The van der Waals surface area contributed by atoms with Crippen LogP contribution in [0.3, 0.4) is 0 Å². The molecule has 9 atom stereocenters. The van der Waals surface area contributed by atoms with E-state index in [-0.39, 0.29) is 74.9 Å². The number of nitrogens with two attached hydrogens (primary N) is 6. The number of nitrogens with one attached hydrogen (secondary N) is 10. The zero-order valence-electron chi connectivity index (χ0n) is 55.3. The van der Waals surface area contributed by atoms with E-state index in [1.54, 1.807) is 74.6 Å². The number of benzene rings is 4. The number of aliphatic imine (C=N–C) groups is 1. The van der Waals surface area contributed by atoms with E-state index < -0.39 is 163 Å². The third-order valence-electron chi connectivity index (χ3n) is 14.9. The molecule has 0 bridgehead atoms. The van der Waals surface area contributed by atoms with Crippen molar-refractivity contribution in [1.29, 1.82) is 0 Å². The summed E-state index contributed by atoms with van der Waals surface area (Å²) in [5.74, 6) is -15.4. The number of para-hydroxylation sites is 1. The molecule has 34 nitrogen and oxygen atoms in total. The van der Waals surface area contributed by atoms with E-state index in [0.29, 0.717) is 33.2 Å². The molecule has 5 aromatic rings. The monoisotopic (exact) mass is 1430 g/mol. The highest BCUT2D eigenvalue weighted by Crippen LogP contribution is 2.21. The Morgan fingerprint density at radius 2 is 0.941 bits per heavy atom. The number of phenolic OH excluding ortho intramolecular Hbond substituents is 2. The molecule has 1 aromatic heterocycles. The average molecular weight is 1430 g/mol. The Morgan fingerprint density at radius 1 is 0.510 bits per heavy atom. The number of hydrogen-bond donors (Lipinski definition) is 20. The van der Waals surface area contributed by atoms with Gasteiger partial charge in [0.1, 0.15) is 59.8 Å². The quantitative estimate of drug-likeness (QED) is 0.0102. The lowest BCUT2D eigenvalue weighted by molar-refractivity contribution is -0.192. The van der Waals surface area contributed by atoms with Crippen molar-refractivity contribution in [1.82, 2.24) is 52.8 Å². The number of aliphatic hydroxyl groups excluding tert-OH is 1. The van der Waals surface area contributed by atoms with Crippen LogP contribution in [-0.2, 0) is 88.0 Å². The number of carboxylic acid groups (broad SMARTS) is 1. The van der Waals surface area contributed by atoms with Crippen LogP contribution in [0.4, 0.5) is 13.2 Å². The van der Waals surface area contributed by atoms with E-state index in [2.05, 4.69) is 57.8 Å². The van der Waals surface area contributed by atoms with Crippen LogP contribution in [0.2, 0.25) is 0 Å². The number of H-pyrrole nitrogens is 1. The minimum atomic E-state index is -5.08. The van der Waals surface area contributed by atoms with Crippen molar-refractivity contribution >= 4 is 93.7 Å². The minimum Gasteiger partial charge on any atom is -0.508 e. The van der Waals surface area contributed by atoms with Gasteiger partial charge in [-0.25, -0.2) is 4.79 Å². The lowest BCUT2D eigenvalue weighted by Gasteiger charge is -2.27. The number of aromatic hydroxyl groups is 2. The molecule has 26 N–H and O–H groups in total. The number of aromatic amines is 1. The second kappa shape index (κ2) is 40.2. The molecule has 12 amide bonds. The lowest BCUT2D eigenvalue weighted by atomic mass is 10.0. The molecule has 0 fully saturated rings. The standard InChI is InChI=1S/C63H83N17O15.C2HF3O2/c1-33(2)23-45(58(91)74-43(13-8-22-70-63(68)69)57(90)75-44(54(67)87)25-36-16-20-39(83)21-17-36)73-53(86)31-72-56(89)46(26-34-9-4-3-5-10-34)77-62(95)50(32-81)80-61(94)49(29-52(66)85)79-59(92)47(27-37-30-71-42-12-7-6-11-40(37)42)78-60(93)48(28-51(65)84)76-55(88)41(64)24-35-14-18-38(82)19-15-35;3-2(4,5)1(6)7/h3-7,9-12,14-21,30,33,41,43-50,71,81-83H,8,13,22-29,31-32,64H2,1-2H3,(H2,65,84)(H2,66,85)(H2,67,87)(H,72,89)(H,73,86)(H,74,91)(H,75,90)(H,76,88)(H,77,95)(H,78,93)(H,79,92)(H,80,94)(H4,68,69,70);(H,6,7)/t41-,43-,44-,45-,46-,47-,48-,49-,50-;/m0./s1. The molecule has 0 aliphatic rings. The molecule has 4 aromatic carbocycles. The lowest BCUT2D eigenvalue weighted by Crippen LogP contribution is -2.61. The summed E-state index contributed by atoms with van der Waals surface area (Å²) in [6.45, 7) is 1.65. The van der Waals surface area contributed by atoms with Crippen LogP contribution in [-0.4, -0.2) is 188 Å². The number of aliphatic carboxylic acids is 1. The van der Waals surface area contributed by atoms with Crippen LogP contribution in [0.5, 0.6) is 11.5 Å². The van der Waals surface area contributed by atoms with Crippen LogP contribution in [0.1, 0.15) is 68.2 Å². The Labute approximate surface area is 580 Å². The highest BCUT2D eigenvalue weighted by molar-refractivity contribution is 6.00. The fraction of sp³-hybridized carbons (Fsp3) is 0.385.